The normalized spacial score (nSPS) is 12.6. The Morgan fingerprint density at radius 2 is 1.39 bits per heavy atom. The van der Waals surface area contributed by atoms with Crippen molar-refractivity contribution in [1.29, 1.82) is 0 Å². The second kappa shape index (κ2) is 23.1. The zero-order chi connectivity index (χ0) is 23.0. The molecule has 0 bridgehead atoms. The van der Waals surface area contributed by atoms with E-state index in [2.05, 4.69) is 36.5 Å². The number of amides is 1. The fourth-order valence-electron chi connectivity index (χ4n) is 3.47. The summed E-state index contributed by atoms with van der Waals surface area (Å²) in [5, 5.41) is 11.8. The first kappa shape index (κ1) is 29.4. The summed E-state index contributed by atoms with van der Waals surface area (Å²) in [6.07, 6.45) is 26.9. The van der Waals surface area contributed by atoms with Gasteiger partial charge in [-0.1, -0.05) is 76.2 Å². The lowest BCUT2D eigenvalue weighted by atomic mass is 10.1. The van der Waals surface area contributed by atoms with Gasteiger partial charge in [0.05, 0.1) is 0 Å². The maximum absolute atomic E-state index is 11.9. The summed E-state index contributed by atoms with van der Waals surface area (Å²) in [5.41, 5.74) is 5.43. The number of rotatable bonds is 22. The molecule has 0 aromatic rings. The molecule has 0 aliphatic rings. The molecule has 0 saturated heterocycles. The first-order valence-corrected chi connectivity index (χ1v) is 12.6. The summed E-state index contributed by atoms with van der Waals surface area (Å²) in [6.45, 7) is 2.79. The third kappa shape index (κ3) is 21.4. The van der Waals surface area contributed by atoms with Crippen molar-refractivity contribution in [3.05, 3.63) is 24.3 Å². The van der Waals surface area contributed by atoms with Crippen LogP contribution < -0.4 is 11.1 Å². The molecule has 0 unspecified atom stereocenters. The van der Waals surface area contributed by atoms with Gasteiger partial charge in [0.2, 0.25) is 5.91 Å². The van der Waals surface area contributed by atoms with Crippen molar-refractivity contribution in [2.24, 2.45) is 5.73 Å². The molecule has 0 rings (SSSR count). The van der Waals surface area contributed by atoms with E-state index in [0.717, 1.165) is 38.5 Å². The van der Waals surface area contributed by atoms with Gasteiger partial charge in [-0.2, -0.15) is 0 Å². The van der Waals surface area contributed by atoms with Crippen LogP contribution in [0.25, 0.3) is 0 Å². The van der Waals surface area contributed by atoms with Crippen LogP contribution >= 0.6 is 0 Å². The quantitative estimate of drug-likeness (QED) is 0.138. The molecule has 1 atom stereocenters. The first-order chi connectivity index (χ1) is 15.1. The predicted molar refractivity (Wildman–Crippen MR) is 131 cm³/mol. The molecule has 0 aliphatic carbocycles. The van der Waals surface area contributed by atoms with E-state index in [1.807, 2.05) is 0 Å². The van der Waals surface area contributed by atoms with Gasteiger partial charge in [-0.25, -0.2) is 4.79 Å². The average molecular weight is 437 g/mol. The lowest BCUT2D eigenvalue weighted by Crippen LogP contribution is -2.40. The summed E-state index contributed by atoms with van der Waals surface area (Å²) in [6, 6.07) is -0.782. The van der Waals surface area contributed by atoms with Gasteiger partial charge in [-0.05, 0) is 64.3 Å². The lowest BCUT2D eigenvalue weighted by Gasteiger charge is -2.14. The standard InChI is InChI=1S/C26H48N2O3/c1-2-3-4-5-6-7-8-9-10-11-12-13-14-15-16-17-18-22-25(29)28-24(26(30)31)21-19-20-23-27/h6-7,9-10,24H,2-5,8,11-23,27H2,1H3,(H,28,29)(H,30,31)/b7-6-,10-9-/t24-/m0/s1. The second-order valence-electron chi connectivity index (χ2n) is 8.43. The van der Waals surface area contributed by atoms with E-state index in [1.54, 1.807) is 0 Å². The number of carboxylic acid groups (broad SMARTS) is 1. The van der Waals surface area contributed by atoms with Crippen molar-refractivity contribution in [1.82, 2.24) is 5.32 Å². The monoisotopic (exact) mass is 436 g/mol. The molecule has 0 aliphatic heterocycles. The molecule has 4 N–H and O–H groups in total. The van der Waals surface area contributed by atoms with Gasteiger partial charge in [0.15, 0.2) is 0 Å². The van der Waals surface area contributed by atoms with Gasteiger partial charge in [0, 0.05) is 6.42 Å². The molecule has 5 nitrogen and oxygen atoms in total. The molecule has 1 amide bonds. The number of nitrogens with two attached hydrogens (primary N) is 1. The first-order valence-electron chi connectivity index (χ1n) is 12.6. The molecule has 0 radical (unpaired) electrons. The van der Waals surface area contributed by atoms with Crippen LogP contribution in [0.4, 0.5) is 0 Å². The van der Waals surface area contributed by atoms with Gasteiger partial charge in [0.1, 0.15) is 6.04 Å². The molecule has 0 saturated carbocycles. The Kier molecular flexibility index (Phi) is 21.8. The average Bonchev–Trinajstić information content (AvgIpc) is 2.75. The fraction of sp³-hybridized carbons (Fsp3) is 0.769. The SMILES string of the molecule is CCCCC/C=C\C/C=C\CCCCCCCCCC(=O)N[C@@H](CCCCN)C(=O)O. The Morgan fingerprint density at radius 3 is 1.97 bits per heavy atom. The summed E-state index contributed by atoms with van der Waals surface area (Å²) in [5.74, 6) is -1.11. The Labute approximate surface area is 190 Å². The van der Waals surface area contributed by atoms with E-state index in [0.29, 0.717) is 19.4 Å². The summed E-state index contributed by atoms with van der Waals surface area (Å²) in [4.78, 5) is 23.2. The highest BCUT2D eigenvalue weighted by molar-refractivity contribution is 5.83. The van der Waals surface area contributed by atoms with E-state index in [-0.39, 0.29) is 5.91 Å². The minimum Gasteiger partial charge on any atom is -0.480 e. The molecule has 0 aromatic heterocycles. The van der Waals surface area contributed by atoms with Crippen LogP contribution in [0.5, 0.6) is 0 Å². The zero-order valence-corrected chi connectivity index (χ0v) is 20.0. The Hall–Kier alpha value is -1.62. The van der Waals surface area contributed by atoms with Crippen LogP contribution in [-0.4, -0.2) is 29.6 Å². The summed E-state index contributed by atoms with van der Waals surface area (Å²) < 4.78 is 0. The van der Waals surface area contributed by atoms with Crippen molar-refractivity contribution in [3.63, 3.8) is 0 Å². The van der Waals surface area contributed by atoms with Crippen molar-refractivity contribution < 1.29 is 14.7 Å². The van der Waals surface area contributed by atoms with Crippen molar-refractivity contribution >= 4 is 11.9 Å². The van der Waals surface area contributed by atoms with Crippen LogP contribution in [0.2, 0.25) is 0 Å². The van der Waals surface area contributed by atoms with E-state index < -0.39 is 12.0 Å². The minimum absolute atomic E-state index is 0.150. The topological polar surface area (TPSA) is 92.4 Å². The number of hydrogen-bond acceptors (Lipinski definition) is 3. The number of unbranched alkanes of at least 4 members (excludes halogenated alkanes) is 11. The van der Waals surface area contributed by atoms with Crippen molar-refractivity contribution in [2.45, 2.75) is 122 Å². The number of nitrogens with one attached hydrogen (secondary N) is 1. The highest BCUT2D eigenvalue weighted by Crippen LogP contribution is 2.11. The number of aliphatic carboxylic acids is 1. The molecular formula is C26H48N2O3. The maximum atomic E-state index is 11.9. The molecule has 0 aromatic carbocycles. The largest absolute Gasteiger partial charge is 0.480 e. The van der Waals surface area contributed by atoms with Crippen LogP contribution in [0.3, 0.4) is 0 Å². The molecule has 31 heavy (non-hydrogen) atoms. The predicted octanol–water partition coefficient (Wildman–Crippen LogP) is 6.28. The molecular weight excluding hydrogens is 388 g/mol. The number of carboxylic acids is 1. The number of carbonyl (C=O) groups excluding carboxylic acids is 1. The van der Waals surface area contributed by atoms with Crippen LogP contribution in [0.1, 0.15) is 116 Å². The number of carbonyl (C=O) groups is 2. The Bertz CT molecular complexity index is 489. The van der Waals surface area contributed by atoms with E-state index in [9.17, 15) is 14.7 Å². The van der Waals surface area contributed by atoms with E-state index in [4.69, 9.17) is 5.73 Å². The van der Waals surface area contributed by atoms with Crippen molar-refractivity contribution in [3.8, 4) is 0 Å². The molecule has 5 heteroatoms. The maximum Gasteiger partial charge on any atom is 0.326 e. The molecule has 0 spiro atoms. The van der Waals surface area contributed by atoms with E-state index in [1.165, 1.54) is 57.8 Å². The third-order valence-electron chi connectivity index (χ3n) is 5.43. The summed E-state index contributed by atoms with van der Waals surface area (Å²) >= 11 is 0. The molecule has 180 valence electrons. The van der Waals surface area contributed by atoms with Crippen LogP contribution in [0, 0.1) is 0 Å². The van der Waals surface area contributed by atoms with Gasteiger partial charge in [0.25, 0.3) is 0 Å². The van der Waals surface area contributed by atoms with Crippen LogP contribution in [-0.2, 0) is 9.59 Å². The van der Waals surface area contributed by atoms with Crippen molar-refractivity contribution in [2.75, 3.05) is 6.54 Å². The molecule has 0 heterocycles. The zero-order valence-electron chi connectivity index (χ0n) is 20.0. The highest BCUT2D eigenvalue weighted by Gasteiger charge is 2.18. The van der Waals surface area contributed by atoms with Gasteiger partial charge in [-0.3, -0.25) is 4.79 Å². The summed E-state index contributed by atoms with van der Waals surface area (Å²) in [7, 11) is 0. The number of hydrogen-bond donors (Lipinski definition) is 3. The highest BCUT2D eigenvalue weighted by atomic mass is 16.4. The van der Waals surface area contributed by atoms with Crippen LogP contribution in [0.15, 0.2) is 24.3 Å². The molecule has 0 fully saturated rings. The second-order valence-corrected chi connectivity index (χ2v) is 8.43. The third-order valence-corrected chi connectivity index (χ3v) is 5.43. The van der Waals surface area contributed by atoms with E-state index >= 15 is 0 Å². The fourth-order valence-corrected chi connectivity index (χ4v) is 3.47. The van der Waals surface area contributed by atoms with Gasteiger partial charge in [-0.15, -0.1) is 0 Å². The number of allylic oxidation sites excluding steroid dienone is 4. The Balaban J connectivity index is 3.51. The smallest absolute Gasteiger partial charge is 0.326 e. The van der Waals surface area contributed by atoms with Gasteiger partial charge >= 0.3 is 5.97 Å². The lowest BCUT2D eigenvalue weighted by molar-refractivity contribution is -0.142. The van der Waals surface area contributed by atoms with Gasteiger partial charge < -0.3 is 16.2 Å². The Morgan fingerprint density at radius 1 is 0.806 bits per heavy atom. The minimum atomic E-state index is -0.959.